The second-order valence-corrected chi connectivity index (χ2v) is 14.1. The molecule has 18 nitrogen and oxygen atoms in total. The molecular weight excluding hydrogens is 800 g/mol. The van der Waals surface area contributed by atoms with Gasteiger partial charge in [0.15, 0.2) is 0 Å². The van der Waals surface area contributed by atoms with E-state index in [4.69, 9.17) is 45.8 Å². The normalized spacial score (nSPS) is 15.0. The number of carbonyl (C=O) groups excluding carboxylic acids is 4. The lowest BCUT2D eigenvalue weighted by Gasteiger charge is -2.27. The van der Waals surface area contributed by atoms with Gasteiger partial charge in [-0.2, -0.15) is 4.98 Å². The number of carbonyl (C=O) groups is 4. The average molecular weight is 847 g/mol. The molecule has 60 heavy (non-hydrogen) atoms. The van der Waals surface area contributed by atoms with Gasteiger partial charge in [0.25, 0.3) is 11.8 Å². The number of nitrogens with two attached hydrogens (primary N) is 1. The second-order valence-electron chi connectivity index (χ2n) is 13.7. The molecule has 0 bridgehead atoms. The number of aromatic nitrogens is 4. The summed E-state index contributed by atoms with van der Waals surface area (Å²) < 4.78 is 35.4. The number of ether oxygens (including phenoxy) is 6. The number of anilines is 2. The van der Waals surface area contributed by atoms with Gasteiger partial charge < -0.3 is 44.0 Å². The van der Waals surface area contributed by atoms with E-state index in [2.05, 4.69) is 37.4 Å². The van der Waals surface area contributed by atoms with Crippen LogP contribution in [0, 0.1) is 25.7 Å². The molecule has 5 heterocycles. The summed E-state index contributed by atoms with van der Waals surface area (Å²) in [4.78, 5) is 64.2. The summed E-state index contributed by atoms with van der Waals surface area (Å²) >= 11 is 6.48. The van der Waals surface area contributed by atoms with Crippen LogP contribution < -0.4 is 21.1 Å². The number of benzene rings is 1. The van der Waals surface area contributed by atoms with Gasteiger partial charge in [-0.05, 0) is 32.4 Å². The number of hydrogen-bond donors (Lipinski definition) is 3. The van der Waals surface area contributed by atoms with Crippen LogP contribution in [-0.2, 0) is 39.8 Å². The van der Waals surface area contributed by atoms with Crippen molar-refractivity contribution in [3.8, 4) is 17.6 Å². The molecule has 19 heteroatoms. The second kappa shape index (κ2) is 21.0. The molecule has 6 rings (SSSR count). The van der Waals surface area contributed by atoms with Gasteiger partial charge in [0.1, 0.15) is 29.2 Å². The largest absolute Gasteiger partial charge is 0.496 e. The van der Waals surface area contributed by atoms with E-state index >= 15 is 0 Å². The van der Waals surface area contributed by atoms with E-state index in [1.165, 1.54) is 0 Å². The van der Waals surface area contributed by atoms with Crippen molar-refractivity contribution in [1.82, 2.24) is 29.7 Å². The van der Waals surface area contributed by atoms with Crippen LogP contribution in [0.1, 0.15) is 55.9 Å². The lowest BCUT2D eigenvalue weighted by atomic mass is 10.0. The third-order valence-electron chi connectivity index (χ3n) is 9.67. The van der Waals surface area contributed by atoms with Crippen molar-refractivity contribution in [2.45, 2.75) is 39.3 Å². The predicted octanol–water partition coefficient (Wildman–Crippen LogP) is 2.68. The average Bonchev–Trinajstić information content (AvgIpc) is 3.69. The van der Waals surface area contributed by atoms with Gasteiger partial charge in [0, 0.05) is 42.2 Å². The number of nitrogen functional groups attached to an aromatic ring is 1. The fourth-order valence-corrected chi connectivity index (χ4v) is 7.09. The summed E-state index contributed by atoms with van der Waals surface area (Å²) in [5, 5.41) is 6.14. The Morgan fingerprint density at radius 2 is 1.62 bits per heavy atom. The minimum atomic E-state index is -1.02. The molecule has 1 atom stereocenters. The molecule has 1 saturated heterocycles. The quantitative estimate of drug-likeness (QED) is 0.0475. The van der Waals surface area contributed by atoms with Crippen molar-refractivity contribution in [1.29, 1.82) is 0 Å². The molecule has 0 saturated carbocycles. The molecule has 2 aliphatic heterocycles. The van der Waals surface area contributed by atoms with Gasteiger partial charge in [-0.15, -0.1) is 0 Å². The number of hydrogen-bond acceptors (Lipinski definition) is 15. The van der Waals surface area contributed by atoms with Crippen LogP contribution in [0.5, 0.6) is 5.75 Å². The first-order chi connectivity index (χ1) is 29.1. The molecule has 0 radical (unpaired) electrons. The number of nitrogens with zero attached hydrogens (tertiary/aromatic N) is 5. The van der Waals surface area contributed by atoms with Gasteiger partial charge >= 0.3 is 0 Å². The molecule has 2 aliphatic rings. The summed E-state index contributed by atoms with van der Waals surface area (Å²) in [6.45, 7) is 8.21. The number of fused-ring (bicyclic) bond motifs is 2. The number of piperidine rings is 1. The Balaban J connectivity index is 0.799. The van der Waals surface area contributed by atoms with Crippen molar-refractivity contribution in [2.75, 3.05) is 90.8 Å². The molecule has 0 aliphatic carbocycles. The highest BCUT2D eigenvalue weighted by atomic mass is 35.5. The van der Waals surface area contributed by atoms with E-state index in [1.54, 1.807) is 31.5 Å². The molecule has 0 spiro atoms. The lowest BCUT2D eigenvalue weighted by molar-refractivity contribution is -0.136. The van der Waals surface area contributed by atoms with Crippen LogP contribution in [0.3, 0.4) is 0 Å². The van der Waals surface area contributed by atoms with Gasteiger partial charge in [0.2, 0.25) is 17.8 Å². The Labute approximate surface area is 351 Å². The highest BCUT2D eigenvalue weighted by molar-refractivity contribution is 6.34. The number of nitrogens with one attached hydrogen (secondary N) is 2. The number of pyridine rings is 1. The highest BCUT2D eigenvalue weighted by Gasteiger charge is 2.45. The topological polar surface area (TPSA) is 221 Å². The molecule has 318 valence electrons. The van der Waals surface area contributed by atoms with Crippen LogP contribution in [-0.4, -0.2) is 134 Å². The van der Waals surface area contributed by atoms with Gasteiger partial charge in [-0.3, -0.25) is 34.4 Å². The number of aryl methyl sites for hydroxylation is 1. The fourth-order valence-electron chi connectivity index (χ4n) is 6.82. The molecular formula is C41H47ClN8O10. The highest BCUT2D eigenvalue weighted by Crippen LogP contribution is 2.33. The Bertz CT molecular complexity index is 2290. The Hall–Kier alpha value is -5.68. The van der Waals surface area contributed by atoms with Crippen LogP contribution >= 0.6 is 11.6 Å². The molecule has 4 amide bonds. The Morgan fingerprint density at radius 3 is 2.30 bits per heavy atom. The number of rotatable bonds is 21. The van der Waals surface area contributed by atoms with Crippen molar-refractivity contribution in [3.05, 3.63) is 69.3 Å². The summed E-state index contributed by atoms with van der Waals surface area (Å²) in [5.41, 5.74) is 10.7. The maximum Gasteiger partial charge on any atom is 0.264 e. The maximum atomic E-state index is 13.2. The van der Waals surface area contributed by atoms with E-state index in [0.717, 1.165) is 27.5 Å². The fraction of sp³-hybridized carbons (Fsp3) is 0.439. The molecule has 1 aromatic carbocycles. The third kappa shape index (κ3) is 10.5. The smallest absolute Gasteiger partial charge is 0.264 e. The van der Waals surface area contributed by atoms with Gasteiger partial charge in [-0.25, -0.2) is 4.98 Å². The Kier molecular flexibility index (Phi) is 15.4. The summed E-state index contributed by atoms with van der Waals surface area (Å²) in [5.74, 6) is 4.78. The van der Waals surface area contributed by atoms with Crippen molar-refractivity contribution in [3.63, 3.8) is 0 Å². The first kappa shape index (κ1) is 43.9. The zero-order chi connectivity index (χ0) is 42.6. The first-order valence-electron chi connectivity index (χ1n) is 19.4. The minimum Gasteiger partial charge on any atom is -0.496 e. The standard InChI is InChI=1S/C41H47ClN8O10/c1-25-22-45-30(26(2)35(25)55-3)24-49-23-27(33-36(42)47-41(43)48-37(33)49)6-5-12-56-14-16-58-18-20-60-21-19-59-17-15-57-13-11-44-29-8-4-7-28-34(29)40(54)50(39(28)53)31-9-10-32(51)46-38(31)52/h4,7-8,22-23,31,44H,9-21,24H2,1-3H3,(H2,43,47,48)(H,46,51,52). The maximum absolute atomic E-state index is 13.2. The van der Waals surface area contributed by atoms with Crippen molar-refractivity contribution in [2.24, 2.45) is 0 Å². The van der Waals surface area contributed by atoms with Gasteiger partial charge in [0.05, 0.1) is 101 Å². The van der Waals surface area contributed by atoms with E-state index in [1.807, 2.05) is 24.6 Å². The third-order valence-corrected chi connectivity index (χ3v) is 9.95. The number of halogens is 1. The van der Waals surface area contributed by atoms with Crippen molar-refractivity contribution >= 4 is 57.9 Å². The van der Waals surface area contributed by atoms with E-state index in [-0.39, 0.29) is 41.7 Å². The molecule has 4 N–H and O–H groups in total. The SMILES string of the molecule is COc1c(C)cnc(Cn2cc(C#CCOCCOCCOCCOCCOCCNc3cccc4c3C(=O)N(C3CCC(=O)NC3=O)C4=O)c3c(Cl)nc(N)nc32)c1C. The van der Waals surface area contributed by atoms with Crippen LogP contribution in [0.2, 0.25) is 5.15 Å². The molecule has 3 aromatic heterocycles. The number of methoxy groups -OCH3 is 1. The summed E-state index contributed by atoms with van der Waals surface area (Å²) in [6.07, 6.45) is 3.78. The predicted molar refractivity (Wildman–Crippen MR) is 219 cm³/mol. The van der Waals surface area contributed by atoms with E-state index in [9.17, 15) is 19.2 Å². The molecule has 4 aromatic rings. The molecule has 1 unspecified atom stereocenters. The summed E-state index contributed by atoms with van der Waals surface area (Å²) in [6, 6.07) is 3.88. The van der Waals surface area contributed by atoms with E-state index in [0.29, 0.717) is 94.8 Å². The van der Waals surface area contributed by atoms with E-state index < -0.39 is 29.7 Å². The number of imide groups is 2. The van der Waals surface area contributed by atoms with Crippen LogP contribution in [0.4, 0.5) is 11.6 Å². The summed E-state index contributed by atoms with van der Waals surface area (Å²) in [7, 11) is 1.64. The van der Waals surface area contributed by atoms with Crippen LogP contribution in [0.15, 0.2) is 30.6 Å². The number of amides is 4. The Morgan fingerprint density at radius 1 is 0.933 bits per heavy atom. The minimum absolute atomic E-state index is 0.0580. The lowest BCUT2D eigenvalue weighted by Crippen LogP contribution is -2.54. The monoisotopic (exact) mass is 846 g/mol. The molecule has 1 fully saturated rings. The van der Waals surface area contributed by atoms with Crippen LogP contribution in [0.25, 0.3) is 11.0 Å². The zero-order valence-corrected chi connectivity index (χ0v) is 34.4. The van der Waals surface area contributed by atoms with Gasteiger partial charge in [-0.1, -0.05) is 29.5 Å². The zero-order valence-electron chi connectivity index (χ0n) is 33.6. The first-order valence-corrected chi connectivity index (χ1v) is 19.7. The van der Waals surface area contributed by atoms with Crippen molar-refractivity contribution < 1.29 is 47.6 Å².